The summed E-state index contributed by atoms with van der Waals surface area (Å²) < 4.78 is 39.3. The maximum Gasteiger partial charge on any atom is 0.418 e. The van der Waals surface area contributed by atoms with Crippen LogP contribution in [0.4, 0.5) is 18.9 Å². The standard InChI is InChI=1S/C22H25F3N4O3/c23-22(24,25)17-7-3-4-8-18(17)26-19(30)13-27-9-11-28(12-10-27)14-29-20(31)15-5-1-2-6-16(15)21(29)32/h1-4,7-8,15-16H,5-6,9-14H2,(H,26,30)/t15-,16-/m0/s1. The molecule has 0 aromatic heterocycles. The van der Waals surface area contributed by atoms with Gasteiger partial charge in [0.2, 0.25) is 17.7 Å². The van der Waals surface area contributed by atoms with Crippen LogP contribution in [0.5, 0.6) is 0 Å². The number of halogens is 3. The van der Waals surface area contributed by atoms with E-state index in [4.69, 9.17) is 0 Å². The van der Waals surface area contributed by atoms with Gasteiger partial charge in [0.25, 0.3) is 0 Å². The van der Waals surface area contributed by atoms with E-state index in [2.05, 4.69) is 5.32 Å². The van der Waals surface area contributed by atoms with Gasteiger partial charge >= 0.3 is 6.18 Å². The number of nitrogens with one attached hydrogen (secondary N) is 1. The highest BCUT2D eigenvalue weighted by Gasteiger charge is 2.47. The number of nitrogens with zero attached hydrogens (tertiary/aromatic N) is 3. The number of fused-ring (bicyclic) bond motifs is 1. The summed E-state index contributed by atoms with van der Waals surface area (Å²) in [6, 6.07) is 4.88. The smallest absolute Gasteiger partial charge is 0.324 e. The van der Waals surface area contributed by atoms with Crippen molar-refractivity contribution >= 4 is 23.4 Å². The summed E-state index contributed by atoms with van der Waals surface area (Å²) in [7, 11) is 0. The van der Waals surface area contributed by atoms with E-state index in [9.17, 15) is 27.6 Å². The molecule has 32 heavy (non-hydrogen) atoms. The van der Waals surface area contributed by atoms with E-state index in [1.807, 2.05) is 22.0 Å². The minimum atomic E-state index is -4.55. The summed E-state index contributed by atoms with van der Waals surface area (Å²) in [4.78, 5) is 42.7. The molecule has 3 aliphatic rings. The number of imide groups is 1. The number of hydrogen-bond donors (Lipinski definition) is 1. The first kappa shape index (κ1) is 22.5. The van der Waals surface area contributed by atoms with Crippen LogP contribution in [-0.4, -0.2) is 71.8 Å². The first-order chi connectivity index (χ1) is 15.2. The third kappa shape index (κ3) is 4.71. The molecule has 0 unspecified atom stereocenters. The Balaban J connectivity index is 1.26. The molecule has 2 aliphatic heterocycles. The maximum atomic E-state index is 13.1. The third-order valence-electron chi connectivity index (χ3n) is 6.28. The molecule has 0 radical (unpaired) electrons. The van der Waals surface area contributed by atoms with Gasteiger partial charge in [0.05, 0.1) is 36.3 Å². The summed E-state index contributed by atoms with van der Waals surface area (Å²) in [5.41, 5.74) is -1.14. The van der Waals surface area contributed by atoms with E-state index >= 15 is 0 Å². The number of rotatable bonds is 5. The number of carbonyl (C=O) groups excluding carboxylic acids is 3. The van der Waals surface area contributed by atoms with Crippen LogP contribution in [0.3, 0.4) is 0 Å². The monoisotopic (exact) mass is 450 g/mol. The van der Waals surface area contributed by atoms with Crippen molar-refractivity contribution < 1.29 is 27.6 Å². The minimum Gasteiger partial charge on any atom is -0.324 e. The maximum absolute atomic E-state index is 13.1. The Morgan fingerprint density at radius 3 is 2.09 bits per heavy atom. The quantitative estimate of drug-likeness (QED) is 0.550. The molecule has 1 aromatic carbocycles. The molecule has 2 fully saturated rings. The average Bonchev–Trinajstić information content (AvgIpc) is 3.00. The molecule has 1 N–H and O–H groups in total. The first-order valence-electron chi connectivity index (χ1n) is 10.6. The van der Waals surface area contributed by atoms with Gasteiger partial charge in [-0.2, -0.15) is 13.2 Å². The number of piperazine rings is 1. The van der Waals surface area contributed by atoms with Crippen molar-refractivity contribution in [3.63, 3.8) is 0 Å². The van der Waals surface area contributed by atoms with Gasteiger partial charge < -0.3 is 5.32 Å². The summed E-state index contributed by atoms with van der Waals surface area (Å²) in [6.07, 6.45) is 0.561. The highest BCUT2D eigenvalue weighted by Crippen LogP contribution is 2.35. The fourth-order valence-electron chi connectivity index (χ4n) is 4.53. The number of anilines is 1. The number of para-hydroxylation sites is 1. The number of hydrogen-bond acceptors (Lipinski definition) is 5. The van der Waals surface area contributed by atoms with Gasteiger partial charge in [-0.15, -0.1) is 0 Å². The molecule has 1 aliphatic carbocycles. The van der Waals surface area contributed by atoms with Crippen LogP contribution in [0.1, 0.15) is 18.4 Å². The summed E-state index contributed by atoms with van der Waals surface area (Å²) in [6.45, 7) is 2.34. The molecular weight excluding hydrogens is 425 g/mol. The Hall–Kier alpha value is -2.72. The lowest BCUT2D eigenvalue weighted by Crippen LogP contribution is -2.52. The summed E-state index contributed by atoms with van der Waals surface area (Å²) in [5.74, 6) is -1.25. The van der Waals surface area contributed by atoms with Crippen molar-refractivity contribution in [2.45, 2.75) is 19.0 Å². The average molecular weight is 450 g/mol. The molecular formula is C22H25F3N4O3. The van der Waals surface area contributed by atoms with Crippen molar-refractivity contribution in [2.75, 3.05) is 44.7 Å². The van der Waals surface area contributed by atoms with Crippen LogP contribution in [0.15, 0.2) is 36.4 Å². The van der Waals surface area contributed by atoms with Crippen LogP contribution in [0.25, 0.3) is 0 Å². The SMILES string of the molecule is O=C(CN1CCN(CN2C(=O)[C@H]3CC=CC[C@@H]3C2=O)CC1)Nc1ccccc1C(F)(F)F. The molecule has 0 spiro atoms. The Labute approximate surface area is 183 Å². The molecule has 1 aromatic rings. The van der Waals surface area contributed by atoms with Gasteiger partial charge in [0.15, 0.2) is 0 Å². The molecule has 2 saturated heterocycles. The largest absolute Gasteiger partial charge is 0.418 e. The van der Waals surface area contributed by atoms with Crippen LogP contribution >= 0.6 is 0 Å². The van der Waals surface area contributed by atoms with Gasteiger partial charge in [0, 0.05) is 26.2 Å². The lowest BCUT2D eigenvalue weighted by atomic mass is 9.85. The predicted octanol–water partition coefficient (Wildman–Crippen LogP) is 2.17. The summed E-state index contributed by atoms with van der Waals surface area (Å²) >= 11 is 0. The first-order valence-corrected chi connectivity index (χ1v) is 10.6. The second-order valence-corrected chi connectivity index (χ2v) is 8.39. The van der Waals surface area contributed by atoms with E-state index in [1.165, 1.54) is 23.1 Å². The number of benzene rings is 1. The molecule has 2 atom stereocenters. The van der Waals surface area contributed by atoms with E-state index < -0.39 is 17.6 Å². The zero-order valence-electron chi connectivity index (χ0n) is 17.5. The number of alkyl halides is 3. The second-order valence-electron chi connectivity index (χ2n) is 8.39. The van der Waals surface area contributed by atoms with Crippen LogP contribution in [-0.2, 0) is 20.6 Å². The predicted molar refractivity (Wildman–Crippen MR) is 110 cm³/mol. The van der Waals surface area contributed by atoms with Crippen molar-refractivity contribution in [1.29, 1.82) is 0 Å². The molecule has 4 rings (SSSR count). The number of carbonyl (C=O) groups is 3. The Bertz CT molecular complexity index is 899. The normalized spacial score (nSPS) is 24.7. The van der Waals surface area contributed by atoms with Gasteiger partial charge in [-0.25, -0.2) is 0 Å². The van der Waals surface area contributed by atoms with E-state index in [1.54, 1.807) is 0 Å². The number of amides is 3. The minimum absolute atomic E-state index is 0.0303. The van der Waals surface area contributed by atoms with Crippen molar-refractivity contribution in [1.82, 2.24) is 14.7 Å². The Morgan fingerprint density at radius 1 is 0.938 bits per heavy atom. The third-order valence-corrected chi connectivity index (χ3v) is 6.28. The van der Waals surface area contributed by atoms with Crippen molar-refractivity contribution in [2.24, 2.45) is 11.8 Å². The number of likely N-dealkylation sites (tertiary alicyclic amines) is 1. The van der Waals surface area contributed by atoms with Crippen LogP contribution < -0.4 is 5.32 Å². The van der Waals surface area contributed by atoms with Gasteiger partial charge in [-0.05, 0) is 25.0 Å². The van der Waals surface area contributed by atoms with E-state index in [0.717, 1.165) is 6.07 Å². The van der Waals surface area contributed by atoms with Crippen LogP contribution in [0.2, 0.25) is 0 Å². The van der Waals surface area contributed by atoms with Crippen LogP contribution in [0, 0.1) is 11.8 Å². The lowest BCUT2D eigenvalue weighted by molar-refractivity contribution is -0.143. The highest BCUT2D eigenvalue weighted by molar-refractivity contribution is 6.05. The Morgan fingerprint density at radius 2 is 1.50 bits per heavy atom. The Kier molecular flexibility index (Phi) is 6.34. The topological polar surface area (TPSA) is 73.0 Å². The zero-order valence-corrected chi connectivity index (χ0v) is 17.5. The fraction of sp³-hybridized carbons (Fsp3) is 0.500. The zero-order chi connectivity index (χ0) is 22.9. The van der Waals surface area contributed by atoms with Crippen molar-refractivity contribution in [3.8, 4) is 0 Å². The molecule has 2 heterocycles. The fourth-order valence-corrected chi connectivity index (χ4v) is 4.53. The molecule has 0 bridgehead atoms. The molecule has 7 nitrogen and oxygen atoms in total. The number of allylic oxidation sites excluding steroid dienone is 2. The molecule has 0 saturated carbocycles. The van der Waals surface area contributed by atoms with Gasteiger partial charge in [0.1, 0.15) is 0 Å². The van der Waals surface area contributed by atoms with Gasteiger partial charge in [-0.1, -0.05) is 24.3 Å². The van der Waals surface area contributed by atoms with Crippen molar-refractivity contribution in [3.05, 3.63) is 42.0 Å². The lowest BCUT2D eigenvalue weighted by Gasteiger charge is -2.35. The molecule has 10 heteroatoms. The molecule has 3 amide bonds. The van der Waals surface area contributed by atoms with E-state index in [-0.39, 0.29) is 42.6 Å². The van der Waals surface area contributed by atoms with Gasteiger partial charge in [-0.3, -0.25) is 29.1 Å². The summed E-state index contributed by atoms with van der Waals surface area (Å²) in [5, 5.41) is 2.36. The molecule has 172 valence electrons. The van der Waals surface area contributed by atoms with E-state index in [0.29, 0.717) is 39.0 Å². The second kappa shape index (κ2) is 9.03. The highest BCUT2D eigenvalue weighted by atomic mass is 19.4.